The number of fused-ring (bicyclic) bond motifs is 1. The Labute approximate surface area is 185 Å². The summed E-state index contributed by atoms with van der Waals surface area (Å²) in [5, 5.41) is 20.2. The van der Waals surface area contributed by atoms with Crippen molar-refractivity contribution in [2.75, 3.05) is 13.2 Å². The minimum absolute atomic E-state index is 0.160. The molecule has 0 heterocycles. The van der Waals surface area contributed by atoms with Crippen molar-refractivity contribution in [1.82, 2.24) is 0 Å². The Bertz CT molecular complexity index is 1060. The molecule has 1 aliphatic carbocycles. The molecule has 0 aromatic heterocycles. The number of benzene rings is 3. The van der Waals surface area contributed by atoms with E-state index in [1.54, 1.807) is 12.1 Å². The van der Waals surface area contributed by atoms with E-state index in [9.17, 15) is 23.4 Å². The van der Waals surface area contributed by atoms with Crippen molar-refractivity contribution >= 4 is 0 Å². The maximum absolute atomic E-state index is 13.7. The van der Waals surface area contributed by atoms with Crippen molar-refractivity contribution in [3.63, 3.8) is 0 Å². The molecular formula is C26H25F3O3. The van der Waals surface area contributed by atoms with Crippen molar-refractivity contribution in [2.24, 2.45) is 0 Å². The summed E-state index contributed by atoms with van der Waals surface area (Å²) >= 11 is 0. The van der Waals surface area contributed by atoms with Crippen LogP contribution >= 0.6 is 0 Å². The predicted molar refractivity (Wildman–Crippen MR) is 115 cm³/mol. The summed E-state index contributed by atoms with van der Waals surface area (Å²) in [4.78, 5) is 0. The molecule has 0 saturated carbocycles. The van der Waals surface area contributed by atoms with Crippen LogP contribution in [0.5, 0.6) is 0 Å². The van der Waals surface area contributed by atoms with Crippen LogP contribution in [-0.2, 0) is 29.5 Å². The van der Waals surface area contributed by atoms with Crippen molar-refractivity contribution in [1.29, 1.82) is 0 Å². The molecule has 0 aliphatic heterocycles. The quantitative estimate of drug-likeness (QED) is 0.530. The van der Waals surface area contributed by atoms with Crippen LogP contribution in [0.2, 0.25) is 0 Å². The first-order chi connectivity index (χ1) is 15.4. The molecule has 2 N–H and O–H groups in total. The lowest BCUT2D eigenvalue weighted by molar-refractivity contribution is -0.138. The lowest BCUT2D eigenvalue weighted by Gasteiger charge is -2.26. The molecule has 1 unspecified atom stereocenters. The third-order valence-corrected chi connectivity index (χ3v) is 6.28. The Morgan fingerprint density at radius 1 is 0.812 bits per heavy atom. The van der Waals surface area contributed by atoms with Gasteiger partial charge in [-0.1, -0.05) is 66.7 Å². The highest BCUT2D eigenvalue weighted by molar-refractivity contribution is 5.51. The second-order valence-corrected chi connectivity index (χ2v) is 8.34. The van der Waals surface area contributed by atoms with Crippen LogP contribution in [0.1, 0.15) is 45.7 Å². The lowest BCUT2D eigenvalue weighted by Crippen LogP contribution is -2.32. The lowest BCUT2D eigenvalue weighted by atomic mass is 9.81. The van der Waals surface area contributed by atoms with Gasteiger partial charge >= 0.3 is 6.18 Å². The Morgan fingerprint density at radius 3 is 2.16 bits per heavy atom. The topological polar surface area (TPSA) is 49.7 Å². The molecule has 1 aliphatic rings. The molecule has 0 amide bonds. The minimum Gasteiger partial charge on any atom is -0.395 e. The summed E-state index contributed by atoms with van der Waals surface area (Å²) in [6, 6.07) is 20.8. The van der Waals surface area contributed by atoms with Gasteiger partial charge in [0, 0.05) is 11.3 Å². The molecule has 6 heteroatoms. The molecule has 32 heavy (non-hydrogen) atoms. The average Bonchev–Trinajstić information content (AvgIpc) is 3.13. The molecule has 0 bridgehead atoms. The number of alkyl halides is 3. The van der Waals surface area contributed by atoms with Gasteiger partial charge in [-0.3, -0.25) is 0 Å². The number of aliphatic hydroxyl groups excluding tert-OH is 2. The number of halogens is 3. The van der Waals surface area contributed by atoms with Gasteiger partial charge in [0.25, 0.3) is 0 Å². The fraction of sp³-hybridized carbons (Fsp3) is 0.308. The monoisotopic (exact) mass is 442 g/mol. The molecule has 0 fully saturated rings. The second kappa shape index (κ2) is 9.06. The van der Waals surface area contributed by atoms with Crippen LogP contribution < -0.4 is 0 Å². The van der Waals surface area contributed by atoms with E-state index in [1.165, 1.54) is 12.1 Å². The molecular weight excluding hydrogens is 417 g/mol. The van der Waals surface area contributed by atoms with Gasteiger partial charge < -0.3 is 14.9 Å². The zero-order valence-corrected chi connectivity index (χ0v) is 17.5. The van der Waals surface area contributed by atoms with Gasteiger partial charge in [-0.15, -0.1) is 0 Å². The highest BCUT2D eigenvalue weighted by Crippen LogP contribution is 2.51. The van der Waals surface area contributed by atoms with Gasteiger partial charge in [-0.05, 0) is 40.3 Å². The number of hydrogen-bond acceptors (Lipinski definition) is 3. The zero-order valence-electron chi connectivity index (χ0n) is 17.5. The Morgan fingerprint density at radius 2 is 1.47 bits per heavy atom. The SMILES string of the molecule is OCC1(CO)CC(c2ccccc2C(F)(F)F)c2cc(COCc3ccccc3)ccc21. The van der Waals surface area contributed by atoms with Gasteiger partial charge in [-0.2, -0.15) is 13.2 Å². The van der Waals surface area contributed by atoms with Gasteiger partial charge in [-0.25, -0.2) is 0 Å². The summed E-state index contributed by atoms with van der Waals surface area (Å²) in [6.45, 7) is 0.0482. The highest BCUT2D eigenvalue weighted by Gasteiger charge is 2.46. The highest BCUT2D eigenvalue weighted by atomic mass is 19.4. The van der Waals surface area contributed by atoms with E-state index in [4.69, 9.17) is 4.74 Å². The van der Waals surface area contributed by atoms with E-state index < -0.39 is 23.1 Å². The third-order valence-electron chi connectivity index (χ3n) is 6.28. The fourth-order valence-corrected chi connectivity index (χ4v) is 4.63. The van der Waals surface area contributed by atoms with E-state index in [0.29, 0.717) is 24.3 Å². The summed E-state index contributed by atoms with van der Waals surface area (Å²) in [5.74, 6) is -0.587. The van der Waals surface area contributed by atoms with Gasteiger partial charge in [0.05, 0.1) is 32.0 Å². The smallest absolute Gasteiger partial charge is 0.395 e. The van der Waals surface area contributed by atoms with Gasteiger partial charge in [0.15, 0.2) is 0 Å². The molecule has 3 aromatic carbocycles. The minimum atomic E-state index is -4.49. The molecule has 0 radical (unpaired) electrons. The first-order valence-corrected chi connectivity index (χ1v) is 10.5. The normalized spacial score (nSPS) is 17.3. The van der Waals surface area contributed by atoms with E-state index in [1.807, 2.05) is 42.5 Å². The van der Waals surface area contributed by atoms with E-state index in [0.717, 1.165) is 17.2 Å². The maximum Gasteiger partial charge on any atom is 0.416 e. The number of aliphatic hydroxyl groups is 2. The molecule has 1 atom stereocenters. The van der Waals surface area contributed by atoms with Crippen molar-refractivity contribution in [2.45, 2.75) is 37.1 Å². The molecule has 0 saturated heterocycles. The Hall–Kier alpha value is -2.67. The Balaban J connectivity index is 1.68. The molecule has 0 spiro atoms. The first kappa shape index (κ1) is 22.5. The van der Waals surface area contributed by atoms with Crippen LogP contribution in [0.3, 0.4) is 0 Å². The molecule has 3 aromatic rings. The fourth-order valence-electron chi connectivity index (χ4n) is 4.63. The van der Waals surface area contributed by atoms with E-state index in [-0.39, 0.29) is 25.2 Å². The average molecular weight is 442 g/mol. The van der Waals surface area contributed by atoms with E-state index in [2.05, 4.69) is 0 Å². The number of hydrogen-bond donors (Lipinski definition) is 2. The van der Waals surface area contributed by atoms with Crippen molar-refractivity contribution in [3.8, 4) is 0 Å². The van der Waals surface area contributed by atoms with Crippen molar-refractivity contribution < 1.29 is 28.1 Å². The first-order valence-electron chi connectivity index (χ1n) is 10.5. The molecule has 3 nitrogen and oxygen atoms in total. The molecule has 168 valence electrons. The van der Waals surface area contributed by atoms with Crippen molar-refractivity contribution in [3.05, 3.63) is 106 Å². The van der Waals surface area contributed by atoms with Crippen LogP contribution in [-0.4, -0.2) is 23.4 Å². The summed E-state index contributed by atoms with van der Waals surface area (Å²) in [7, 11) is 0. The summed E-state index contributed by atoms with van der Waals surface area (Å²) < 4.78 is 47.0. The maximum atomic E-state index is 13.7. The molecule has 4 rings (SSSR count). The standard InChI is InChI=1S/C26H25F3O3/c27-26(28,29)24-9-5-4-8-20(24)22-13-25(16-30,17-31)23-11-10-19(12-21(22)23)15-32-14-18-6-2-1-3-7-18/h1-12,22,30-31H,13-17H2. The summed E-state index contributed by atoms with van der Waals surface area (Å²) in [5.41, 5.74) is 1.75. The van der Waals surface area contributed by atoms with Gasteiger partial charge in [0.1, 0.15) is 0 Å². The van der Waals surface area contributed by atoms with Crippen LogP contribution in [0.25, 0.3) is 0 Å². The largest absolute Gasteiger partial charge is 0.416 e. The zero-order chi connectivity index (χ0) is 22.8. The third kappa shape index (κ3) is 4.31. The van der Waals surface area contributed by atoms with Crippen LogP contribution in [0.15, 0.2) is 72.8 Å². The number of rotatable bonds is 7. The predicted octanol–water partition coefficient (Wildman–Crippen LogP) is 5.18. The summed E-state index contributed by atoms with van der Waals surface area (Å²) in [6.07, 6.45) is -4.28. The second-order valence-electron chi connectivity index (χ2n) is 8.34. The van der Waals surface area contributed by atoms with Crippen LogP contribution in [0, 0.1) is 0 Å². The number of ether oxygens (including phenoxy) is 1. The van der Waals surface area contributed by atoms with E-state index >= 15 is 0 Å². The van der Waals surface area contributed by atoms with Gasteiger partial charge in [0.2, 0.25) is 0 Å². The Kier molecular flexibility index (Phi) is 6.38. The van der Waals surface area contributed by atoms with Crippen LogP contribution in [0.4, 0.5) is 13.2 Å².